The summed E-state index contributed by atoms with van der Waals surface area (Å²) in [6.45, 7) is 15.9. The monoisotopic (exact) mass is 358 g/mol. The molecule has 6 heteroatoms. The third-order valence-corrected chi connectivity index (χ3v) is 6.10. The number of aliphatic imine (C=N–C) groups is 1. The van der Waals surface area contributed by atoms with Crippen LogP contribution in [0, 0.1) is 0 Å². The van der Waals surface area contributed by atoms with Crippen molar-refractivity contribution in [2.24, 2.45) is 4.99 Å². The molecule has 0 saturated carbocycles. The number of guanidine groups is 1. The molecule has 0 aromatic rings. The molecule has 24 heavy (non-hydrogen) atoms. The zero-order valence-corrected chi connectivity index (χ0v) is 17.3. The van der Waals surface area contributed by atoms with Gasteiger partial charge in [0.05, 0.1) is 0 Å². The third-order valence-electron chi connectivity index (χ3n) is 4.65. The summed E-state index contributed by atoms with van der Waals surface area (Å²) in [6, 6.07) is 1.13. The zero-order valence-electron chi connectivity index (χ0n) is 16.5. The molecule has 0 aromatic carbocycles. The number of ether oxygens (including phenoxy) is 1. The van der Waals surface area contributed by atoms with E-state index in [1.807, 2.05) is 7.05 Å². The highest BCUT2D eigenvalue weighted by Gasteiger charge is 2.32. The average molecular weight is 359 g/mol. The maximum atomic E-state index is 5.55. The lowest BCUT2D eigenvalue weighted by Gasteiger charge is -2.37. The first kappa shape index (κ1) is 21.6. The van der Waals surface area contributed by atoms with Crippen LogP contribution in [-0.4, -0.2) is 73.3 Å². The Hall–Kier alpha value is -0.460. The van der Waals surface area contributed by atoms with Gasteiger partial charge in [-0.05, 0) is 46.3 Å². The fourth-order valence-electron chi connectivity index (χ4n) is 3.30. The molecule has 1 aliphatic heterocycles. The average Bonchev–Trinajstić information content (AvgIpc) is 2.54. The first-order valence-electron chi connectivity index (χ1n) is 9.36. The smallest absolute Gasteiger partial charge is 0.191 e. The summed E-state index contributed by atoms with van der Waals surface area (Å²) in [7, 11) is 1.85. The summed E-state index contributed by atoms with van der Waals surface area (Å²) in [5.41, 5.74) is 0. The van der Waals surface area contributed by atoms with Crippen LogP contribution in [0.2, 0.25) is 0 Å². The van der Waals surface area contributed by atoms with Gasteiger partial charge in [0.25, 0.3) is 0 Å². The summed E-state index contributed by atoms with van der Waals surface area (Å²) in [6.07, 6.45) is 2.23. The van der Waals surface area contributed by atoms with Crippen LogP contribution >= 0.6 is 11.8 Å². The molecular formula is C18H38N4OS. The fraction of sp³-hybridized carbons (Fsp3) is 0.944. The summed E-state index contributed by atoms with van der Waals surface area (Å²) < 4.78 is 5.83. The van der Waals surface area contributed by atoms with Crippen LogP contribution in [0.4, 0.5) is 0 Å². The molecule has 0 aromatic heterocycles. The molecule has 2 N–H and O–H groups in total. The Labute approximate surface area is 153 Å². The van der Waals surface area contributed by atoms with E-state index in [1.54, 1.807) is 0 Å². The Morgan fingerprint density at radius 3 is 2.29 bits per heavy atom. The first-order valence-corrected chi connectivity index (χ1v) is 10.3. The molecule has 0 amide bonds. The number of thioether (sulfide) groups is 1. The quantitative estimate of drug-likeness (QED) is 0.490. The largest absolute Gasteiger partial charge is 0.381 e. The van der Waals surface area contributed by atoms with Crippen LogP contribution in [0.15, 0.2) is 4.99 Å². The van der Waals surface area contributed by atoms with Gasteiger partial charge in [0.2, 0.25) is 0 Å². The van der Waals surface area contributed by atoms with E-state index in [9.17, 15) is 0 Å². The number of nitrogens with zero attached hydrogens (tertiary/aromatic N) is 2. The van der Waals surface area contributed by atoms with Crippen LogP contribution < -0.4 is 10.6 Å². The lowest BCUT2D eigenvalue weighted by Crippen LogP contribution is -2.50. The van der Waals surface area contributed by atoms with Crippen molar-refractivity contribution in [3.8, 4) is 0 Å². The second-order valence-electron chi connectivity index (χ2n) is 7.01. The van der Waals surface area contributed by atoms with Gasteiger partial charge in [0, 0.05) is 56.7 Å². The molecule has 1 rings (SSSR count). The molecule has 1 saturated heterocycles. The van der Waals surface area contributed by atoms with Gasteiger partial charge in [0.1, 0.15) is 0 Å². The molecule has 0 aliphatic carbocycles. The number of hydrogen-bond acceptors (Lipinski definition) is 4. The van der Waals surface area contributed by atoms with E-state index in [4.69, 9.17) is 4.74 Å². The van der Waals surface area contributed by atoms with Gasteiger partial charge < -0.3 is 15.4 Å². The molecular weight excluding hydrogens is 320 g/mol. The molecule has 142 valence electrons. The van der Waals surface area contributed by atoms with Crippen molar-refractivity contribution in [2.45, 2.75) is 64.3 Å². The van der Waals surface area contributed by atoms with E-state index in [-0.39, 0.29) is 4.75 Å². The normalized spacial score (nSPS) is 18.5. The molecule has 1 aliphatic rings. The molecule has 1 heterocycles. The number of hydrogen-bond donors (Lipinski definition) is 2. The van der Waals surface area contributed by atoms with Gasteiger partial charge in [-0.15, -0.1) is 0 Å². The fourth-order valence-corrected chi connectivity index (χ4v) is 4.55. The van der Waals surface area contributed by atoms with Crippen LogP contribution in [0.1, 0.15) is 47.5 Å². The SMILES string of the molecule is CCSC1(CNC(=NC)NCCN(C(C)C)C(C)C)CCOCC1. The van der Waals surface area contributed by atoms with Crippen molar-refractivity contribution in [1.82, 2.24) is 15.5 Å². The maximum Gasteiger partial charge on any atom is 0.191 e. The van der Waals surface area contributed by atoms with Crippen molar-refractivity contribution in [3.05, 3.63) is 0 Å². The lowest BCUT2D eigenvalue weighted by molar-refractivity contribution is 0.0782. The van der Waals surface area contributed by atoms with E-state index in [2.05, 4.69) is 66.9 Å². The predicted octanol–water partition coefficient (Wildman–Crippen LogP) is 2.57. The molecule has 0 bridgehead atoms. The highest BCUT2D eigenvalue weighted by molar-refractivity contribution is 8.00. The Bertz CT molecular complexity index is 355. The lowest BCUT2D eigenvalue weighted by atomic mass is 9.99. The second-order valence-corrected chi connectivity index (χ2v) is 8.74. The van der Waals surface area contributed by atoms with E-state index in [0.29, 0.717) is 12.1 Å². The molecule has 0 atom stereocenters. The topological polar surface area (TPSA) is 48.9 Å². The summed E-state index contributed by atoms with van der Waals surface area (Å²) >= 11 is 2.06. The minimum Gasteiger partial charge on any atom is -0.381 e. The second kappa shape index (κ2) is 11.2. The summed E-state index contributed by atoms with van der Waals surface area (Å²) in [4.78, 5) is 6.88. The van der Waals surface area contributed by atoms with Gasteiger partial charge in [-0.2, -0.15) is 11.8 Å². The molecule has 0 spiro atoms. The van der Waals surface area contributed by atoms with Crippen LogP contribution in [0.5, 0.6) is 0 Å². The maximum absolute atomic E-state index is 5.55. The van der Waals surface area contributed by atoms with Crippen molar-refractivity contribution < 1.29 is 4.74 Å². The van der Waals surface area contributed by atoms with E-state index < -0.39 is 0 Å². The van der Waals surface area contributed by atoms with Crippen molar-refractivity contribution >= 4 is 17.7 Å². The highest BCUT2D eigenvalue weighted by atomic mass is 32.2. The van der Waals surface area contributed by atoms with E-state index >= 15 is 0 Å². The van der Waals surface area contributed by atoms with Crippen molar-refractivity contribution in [3.63, 3.8) is 0 Å². The number of rotatable bonds is 9. The zero-order chi connectivity index (χ0) is 18.0. The van der Waals surface area contributed by atoms with Gasteiger partial charge in [-0.3, -0.25) is 9.89 Å². The summed E-state index contributed by atoms with van der Waals surface area (Å²) in [5.74, 6) is 2.05. The Balaban J connectivity index is 2.44. The number of nitrogens with one attached hydrogen (secondary N) is 2. The first-order chi connectivity index (χ1) is 11.4. The molecule has 0 radical (unpaired) electrons. The highest BCUT2D eigenvalue weighted by Crippen LogP contribution is 2.34. The molecule has 5 nitrogen and oxygen atoms in total. The van der Waals surface area contributed by atoms with Crippen molar-refractivity contribution in [2.75, 3.05) is 45.6 Å². The Morgan fingerprint density at radius 1 is 1.17 bits per heavy atom. The third kappa shape index (κ3) is 7.19. The van der Waals surface area contributed by atoms with Crippen LogP contribution in [0.3, 0.4) is 0 Å². The van der Waals surface area contributed by atoms with Gasteiger partial charge >= 0.3 is 0 Å². The predicted molar refractivity (Wildman–Crippen MR) is 107 cm³/mol. The molecule has 1 fully saturated rings. The van der Waals surface area contributed by atoms with E-state index in [1.165, 1.54) is 0 Å². The Morgan fingerprint density at radius 2 is 1.79 bits per heavy atom. The Kier molecular flexibility index (Phi) is 10.1. The van der Waals surface area contributed by atoms with Gasteiger partial charge in [0.15, 0.2) is 5.96 Å². The van der Waals surface area contributed by atoms with Crippen LogP contribution in [0.25, 0.3) is 0 Å². The minimum atomic E-state index is 0.284. The standard InChI is InChI=1S/C18H38N4OS/c1-7-24-18(8-12-23-13-9-18)14-21-17(19-6)20-10-11-22(15(2)3)16(4)5/h15-16H,7-14H2,1-6H3,(H2,19,20,21). The van der Waals surface area contributed by atoms with Gasteiger partial charge in [-0.1, -0.05) is 6.92 Å². The molecule has 0 unspecified atom stereocenters. The van der Waals surface area contributed by atoms with Gasteiger partial charge in [-0.25, -0.2) is 0 Å². The minimum absolute atomic E-state index is 0.284. The summed E-state index contributed by atoms with van der Waals surface area (Å²) in [5, 5.41) is 7.01. The van der Waals surface area contributed by atoms with E-state index in [0.717, 1.165) is 57.4 Å². The van der Waals surface area contributed by atoms with Crippen molar-refractivity contribution in [1.29, 1.82) is 0 Å². The van der Waals surface area contributed by atoms with Crippen LogP contribution in [-0.2, 0) is 4.74 Å².